The zero-order chi connectivity index (χ0) is 12.1. The van der Waals surface area contributed by atoms with Gasteiger partial charge in [0, 0.05) is 19.6 Å². The van der Waals surface area contributed by atoms with E-state index >= 15 is 0 Å². The van der Waals surface area contributed by atoms with Gasteiger partial charge in [-0.15, -0.1) is 10.2 Å². The summed E-state index contributed by atoms with van der Waals surface area (Å²) < 4.78 is 7.30. The molecule has 6 nitrogen and oxygen atoms in total. The first-order valence-corrected chi connectivity index (χ1v) is 7.15. The van der Waals surface area contributed by atoms with Crippen molar-refractivity contribution in [1.82, 2.24) is 25.1 Å². The zero-order valence-corrected chi connectivity index (χ0v) is 11.0. The minimum atomic E-state index is 0.298. The Kier molecular flexibility index (Phi) is 2.39. The third-order valence-corrected chi connectivity index (χ3v) is 4.71. The maximum Gasteiger partial charge on any atom is 0.234 e. The molecule has 0 spiro atoms. The molecule has 1 saturated carbocycles. The lowest BCUT2D eigenvalue weighted by Crippen LogP contribution is -2.16. The summed E-state index contributed by atoms with van der Waals surface area (Å²) >= 11 is 1.63. The number of aromatic nitrogens is 4. The van der Waals surface area contributed by atoms with Gasteiger partial charge in [0.15, 0.2) is 5.82 Å². The van der Waals surface area contributed by atoms with Gasteiger partial charge in [-0.2, -0.15) is 9.61 Å². The van der Waals surface area contributed by atoms with Crippen LogP contribution < -0.4 is 5.32 Å². The van der Waals surface area contributed by atoms with Crippen LogP contribution in [-0.4, -0.2) is 39.6 Å². The van der Waals surface area contributed by atoms with Crippen molar-refractivity contribution in [3.05, 3.63) is 10.8 Å². The van der Waals surface area contributed by atoms with Gasteiger partial charge in [-0.1, -0.05) is 11.3 Å². The topological polar surface area (TPSA) is 64.3 Å². The molecule has 2 unspecified atom stereocenters. The molecule has 1 aliphatic carbocycles. The lowest BCUT2D eigenvalue weighted by Gasteiger charge is -2.05. The van der Waals surface area contributed by atoms with Crippen LogP contribution in [0.5, 0.6) is 0 Å². The number of rotatable bonds is 3. The van der Waals surface area contributed by atoms with Crippen LogP contribution in [0.1, 0.15) is 42.1 Å². The third-order valence-electron chi connectivity index (χ3n) is 3.70. The Bertz CT molecular complexity index is 575. The van der Waals surface area contributed by atoms with Crippen molar-refractivity contribution in [1.29, 1.82) is 0 Å². The van der Waals surface area contributed by atoms with Gasteiger partial charge in [-0.25, -0.2) is 0 Å². The lowest BCUT2D eigenvalue weighted by molar-refractivity contribution is 0.117. The van der Waals surface area contributed by atoms with E-state index in [9.17, 15) is 0 Å². The molecular formula is C11H15N5OS. The summed E-state index contributed by atoms with van der Waals surface area (Å²) in [5, 5.41) is 17.7. The molecule has 2 atom stereocenters. The van der Waals surface area contributed by atoms with Crippen molar-refractivity contribution in [3.8, 4) is 0 Å². The molecule has 0 radical (unpaired) electrons. The standard InChI is InChI=1S/C11H15N5OS/c1-17-7-4-8(12-5-7)10-15-16-9(6-2-3-6)13-14-11(16)18-10/h6-8,12H,2-5H2,1H3. The van der Waals surface area contributed by atoms with E-state index in [0.717, 1.165) is 28.8 Å². The van der Waals surface area contributed by atoms with Gasteiger partial charge in [0.05, 0.1) is 12.1 Å². The Morgan fingerprint density at radius 2 is 2.28 bits per heavy atom. The van der Waals surface area contributed by atoms with Gasteiger partial charge in [-0.05, 0) is 19.3 Å². The van der Waals surface area contributed by atoms with Crippen LogP contribution in [0.3, 0.4) is 0 Å². The van der Waals surface area contributed by atoms with E-state index in [-0.39, 0.29) is 0 Å². The van der Waals surface area contributed by atoms with Gasteiger partial charge < -0.3 is 10.1 Å². The van der Waals surface area contributed by atoms with E-state index in [0.29, 0.717) is 18.1 Å². The molecule has 18 heavy (non-hydrogen) atoms. The van der Waals surface area contributed by atoms with Gasteiger partial charge in [0.1, 0.15) is 5.01 Å². The average molecular weight is 265 g/mol. The first kappa shape index (κ1) is 10.8. The highest BCUT2D eigenvalue weighted by molar-refractivity contribution is 7.16. The Morgan fingerprint density at radius 3 is 3.00 bits per heavy atom. The van der Waals surface area contributed by atoms with E-state index in [2.05, 4.69) is 20.6 Å². The van der Waals surface area contributed by atoms with Crippen LogP contribution >= 0.6 is 11.3 Å². The number of methoxy groups -OCH3 is 1. The SMILES string of the molecule is COC1CNC(c2nn3c(C4CC4)nnc3s2)C1. The highest BCUT2D eigenvalue weighted by Crippen LogP contribution is 2.39. The Morgan fingerprint density at radius 1 is 1.39 bits per heavy atom. The summed E-state index contributed by atoms with van der Waals surface area (Å²) in [6.07, 6.45) is 3.73. The Labute approximate surface area is 108 Å². The molecule has 2 fully saturated rings. The number of nitrogens with one attached hydrogen (secondary N) is 1. The second-order valence-electron chi connectivity index (χ2n) is 5.02. The maximum atomic E-state index is 5.37. The van der Waals surface area contributed by atoms with Crippen LogP contribution in [-0.2, 0) is 4.74 Å². The number of ether oxygens (including phenoxy) is 1. The first-order chi connectivity index (χ1) is 8.85. The Balaban J connectivity index is 1.65. The Hall–Kier alpha value is -1.05. The third kappa shape index (κ3) is 1.65. The summed E-state index contributed by atoms with van der Waals surface area (Å²) in [6, 6.07) is 0.300. The normalized spacial score (nSPS) is 28.3. The fourth-order valence-electron chi connectivity index (χ4n) is 2.45. The van der Waals surface area contributed by atoms with Gasteiger partial charge in [0.25, 0.3) is 0 Å². The van der Waals surface area contributed by atoms with E-state index in [1.165, 1.54) is 12.8 Å². The monoisotopic (exact) mass is 265 g/mol. The van der Waals surface area contributed by atoms with Crippen molar-refractivity contribution in [2.24, 2.45) is 0 Å². The minimum Gasteiger partial charge on any atom is -0.380 e. The molecule has 0 bridgehead atoms. The summed E-state index contributed by atoms with van der Waals surface area (Å²) in [6.45, 7) is 0.900. The van der Waals surface area contributed by atoms with Crippen molar-refractivity contribution >= 4 is 16.3 Å². The molecule has 1 saturated heterocycles. The smallest absolute Gasteiger partial charge is 0.234 e. The molecule has 2 aromatic rings. The van der Waals surface area contributed by atoms with Crippen LogP contribution in [0, 0.1) is 0 Å². The van der Waals surface area contributed by atoms with Crippen LogP contribution in [0.25, 0.3) is 4.96 Å². The molecule has 3 heterocycles. The zero-order valence-electron chi connectivity index (χ0n) is 10.2. The quantitative estimate of drug-likeness (QED) is 0.900. The predicted octanol–water partition coefficient (Wildman–Crippen LogP) is 1.11. The molecule has 2 aromatic heterocycles. The van der Waals surface area contributed by atoms with Gasteiger partial charge in [-0.3, -0.25) is 0 Å². The van der Waals surface area contributed by atoms with E-state index in [1.54, 1.807) is 18.4 Å². The lowest BCUT2D eigenvalue weighted by atomic mass is 10.2. The minimum absolute atomic E-state index is 0.298. The van der Waals surface area contributed by atoms with Crippen molar-refractivity contribution < 1.29 is 4.74 Å². The molecule has 7 heteroatoms. The fraction of sp³-hybridized carbons (Fsp3) is 0.727. The van der Waals surface area contributed by atoms with Crippen LogP contribution in [0.15, 0.2) is 0 Å². The van der Waals surface area contributed by atoms with E-state index in [4.69, 9.17) is 4.74 Å². The van der Waals surface area contributed by atoms with Gasteiger partial charge in [0.2, 0.25) is 4.96 Å². The van der Waals surface area contributed by atoms with Crippen LogP contribution in [0.2, 0.25) is 0 Å². The number of hydrogen-bond acceptors (Lipinski definition) is 6. The molecule has 4 rings (SSSR count). The molecule has 1 aliphatic heterocycles. The average Bonchev–Trinajstić information content (AvgIpc) is 2.84. The maximum absolute atomic E-state index is 5.37. The fourth-order valence-corrected chi connectivity index (χ4v) is 3.39. The van der Waals surface area contributed by atoms with Crippen molar-refractivity contribution in [3.63, 3.8) is 0 Å². The molecular weight excluding hydrogens is 250 g/mol. The summed E-state index contributed by atoms with van der Waals surface area (Å²) in [5.74, 6) is 1.62. The number of nitrogens with zero attached hydrogens (tertiary/aromatic N) is 4. The summed E-state index contributed by atoms with van der Waals surface area (Å²) in [7, 11) is 1.76. The summed E-state index contributed by atoms with van der Waals surface area (Å²) in [5.41, 5.74) is 0. The second kappa shape index (κ2) is 3.97. The van der Waals surface area contributed by atoms with Crippen molar-refractivity contribution in [2.75, 3.05) is 13.7 Å². The molecule has 2 aliphatic rings. The first-order valence-electron chi connectivity index (χ1n) is 6.33. The highest BCUT2D eigenvalue weighted by Gasteiger charge is 2.32. The molecule has 1 N–H and O–H groups in total. The second-order valence-corrected chi connectivity index (χ2v) is 6.01. The van der Waals surface area contributed by atoms with Crippen molar-refractivity contribution in [2.45, 2.75) is 37.3 Å². The van der Waals surface area contributed by atoms with E-state index < -0.39 is 0 Å². The summed E-state index contributed by atoms with van der Waals surface area (Å²) in [4.78, 5) is 0.912. The molecule has 0 amide bonds. The van der Waals surface area contributed by atoms with E-state index in [1.807, 2.05) is 4.52 Å². The van der Waals surface area contributed by atoms with Gasteiger partial charge >= 0.3 is 0 Å². The molecule has 0 aromatic carbocycles. The van der Waals surface area contributed by atoms with Crippen LogP contribution in [0.4, 0.5) is 0 Å². The number of fused-ring (bicyclic) bond motifs is 1. The molecule has 96 valence electrons. The largest absolute Gasteiger partial charge is 0.380 e. The number of hydrogen-bond donors (Lipinski definition) is 1. The highest BCUT2D eigenvalue weighted by atomic mass is 32.1. The predicted molar refractivity (Wildman–Crippen MR) is 66.8 cm³/mol.